The number of nitrogens with zero attached hydrogens (tertiary/aromatic N) is 6. The molecule has 0 spiro atoms. The zero-order valence-corrected chi connectivity index (χ0v) is 31.1. The zero-order valence-electron chi connectivity index (χ0n) is 30.3. The highest BCUT2D eigenvalue weighted by atomic mass is 32.1. The lowest BCUT2D eigenvalue weighted by atomic mass is 9.80. The van der Waals surface area contributed by atoms with Crippen LogP contribution in [0.5, 0.6) is 6.01 Å². The van der Waals surface area contributed by atoms with E-state index in [0.717, 1.165) is 36.1 Å². The molecule has 2 aliphatic rings. The monoisotopic (exact) mass is 679 g/mol. The van der Waals surface area contributed by atoms with E-state index in [2.05, 4.69) is 28.0 Å². The minimum absolute atomic E-state index is 0.0112. The van der Waals surface area contributed by atoms with Crippen molar-refractivity contribution in [3.63, 3.8) is 0 Å². The first-order valence-corrected chi connectivity index (χ1v) is 17.8. The first-order valence-electron chi connectivity index (χ1n) is 17.0. The zero-order chi connectivity index (χ0) is 35.8. The summed E-state index contributed by atoms with van der Waals surface area (Å²) >= 11 is 1.52. The maximum atomic E-state index is 14.0. The van der Waals surface area contributed by atoms with Crippen molar-refractivity contribution in [3.8, 4) is 12.1 Å². The van der Waals surface area contributed by atoms with Gasteiger partial charge in [-0.05, 0) is 77.3 Å². The predicted molar refractivity (Wildman–Crippen MR) is 191 cm³/mol. The minimum Gasteiger partial charge on any atom is -0.461 e. The number of thiophene rings is 1. The normalized spacial score (nSPS) is 21.1. The average Bonchev–Trinajstić information content (AvgIpc) is 3.56. The van der Waals surface area contributed by atoms with Gasteiger partial charge in [-0.3, -0.25) is 9.69 Å². The molecular weight excluding hydrogens is 627 g/mol. The fourth-order valence-electron chi connectivity index (χ4n) is 6.16. The Morgan fingerprint density at radius 3 is 2.60 bits per heavy atom. The van der Waals surface area contributed by atoms with Crippen molar-refractivity contribution >= 4 is 34.6 Å². The number of aromatic nitrogens is 2. The fraction of sp³-hybridized carbons (Fsp3) is 0.611. The summed E-state index contributed by atoms with van der Waals surface area (Å²) < 4.78 is 11.7. The Morgan fingerprint density at radius 2 is 1.98 bits per heavy atom. The molecule has 1 aliphatic heterocycles. The Hall–Kier alpha value is -3.98. The number of ether oxygens (including phenoxy) is 2. The molecule has 11 nitrogen and oxygen atoms in total. The quantitative estimate of drug-likeness (QED) is 0.118. The lowest BCUT2D eigenvalue weighted by molar-refractivity contribution is 0.0103. The van der Waals surface area contributed by atoms with E-state index in [1.165, 1.54) is 17.5 Å². The summed E-state index contributed by atoms with van der Waals surface area (Å²) in [5.74, 6) is -0.274. The van der Waals surface area contributed by atoms with Gasteiger partial charge in [0.15, 0.2) is 0 Å². The molecule has 2 N–H and O–H groups in total. The molecule has 4 rings (SSSR count). The van der Waals surface area contributed by atoms with E-state index in [-0.39, 0.29) is 54.1 Å². The molecule has 2 aromatic heterocycles. The van der Waals surface area contributed by atoms with Crippen molar-refractivity contribution in [1.82, 2.24) is 19.8 Å². The number of fused-ring (bicyclic) bond motifs is 1. The largest absolute Gasteiger partial charge is 0.461 e. The highest BCUT2D eigenvalue weighted by Crippen LogP contribution is 2.47. The van der Waals surface area contributed by atoms with Crippen LogP contribution in [0, 0.1) is 17.2 Å². The highest BCUT2D eigenvalue weighted by Gasteiger charge is 2.42. The number of ketones is 1. The number of Topliss-reactive ketones (excluding diaryl/α,β-unsaturated/α-hetero) is 1. The van der Waals surface area contributed by atoms with E-state index in [9.17, 15) is 14.9 Å². The number of aliphatic imine (C=N–C) groups is 1. The van der Waals surface area contributed by atoms with Crippen LogP contribution < -0.4 is 10.5 Å². The molecule has 0 radical (unpaired) electrons. The molecule has 1 aliphatic carbocycles. The van der Waals surface area contributed by atoms with Crippen LogP contribution in [0.1, 0.15) is 120 Å². The van der Waals surface area contributed by atoms with Crippen LogP contribution >= 0.6 is 11.3 Å². The van der Waals surface area contributed by atoms with Gasteiger partial charge in [0.1, 0.15) is 29.0 Å². The fourth-order valence-corrected chi connectivity index (χ4v) is 7.35. The molecule has 12 heteroatoms. The molecule has 1 unspecified atom stereocenters. The maximum absolute atomic E-state index is 14.0. The first kappa shape index (κ1) is 38.5. The van der Waals surface area contributed by atoms with E-state index in [1.54, 1.807) is 17.3 Å². The second-order valence-corrected chi connectivity index (χ2v) is 14.5. The second-order valence-electron chi connectivity index (χ2n) is 13.4. The predicted octanol–water partition coefficient (Wildman–Crippen LogP) is 7.39. The Labute approximate surface area is 290 Å². The number of rotatable bonds is 10. The highest BCUT2D eigenvalue weighted by molar-refractivity contribution is 7.16. The third kappa shape index (κ3) is 9.13. The van der Waals surface area contributed by atoms with Crippen molar-refractivity contribution < 1.29 is 19.1 Å². The summed E-state index contributed by atoms with van der Waals surface area (Å²) in [7, 11) is 3.76. The molecule has 1 saturated heterocycles. The molecule has 2 aromatic rings. The number of carbonyl (C=O) groups excluding carboxylic acids is 2. The van der Waals surface area contributed by atoms with E-state index in [1.807, 2.05) is 67.5 Å². The topological polar surface area (TPSA) is 147 Å². The van der Waals surface area contributed by atoms with Gasteiger partial charge in [0.05, 0.1) is 17.9 Å². The summed E-state index contributed by atoms with van der Waals surface area (Å²) in [6, 6.07) is 3.75. The average molecular weight is 680 g/mol. The molecule has 0 aromatic carbocycles. The molecule has 1 fully saturated rings. The maximum Gasteiger partial charge on any atom is 0.410 e. The van der Waals surface area contributed by atoms with Crippen LogP contribution in [-0.2, 0) is 11.2 Å². The number of hydrogen-bond donors (Lipinski definition) is 1. The van der Waals surface area contributed by atoms with E-state index >= 15 is 0 Å². The van der Waals surface area contributed by atoms with Gasteiger partial charge in [-0.25, -0.2) is 14.8 Å². The summed E-state index contributed by atoms with van der Waals surface area (Å²) in [4.78, 5) is 45.0. The number of hydrogen-bond acceptors (Lipinski definition) is 10. The van der Waals surface area contributed by atoms with Gasteiger partial charge in [-0.2, -0.15) is 10.2 Å². The SMILES string of the molecule is CC.CCC/C(C(=O)c1ccnc(OC[C@@H]2C[C@H](C)C(C)N2C(=O)OC(C)(C)C)n1)=C(/N)[C@H]1CCCc2sc(/N=C/N(C)C)c(C#N)c21. The minimum atomic E-state index is -0.613. The molecule has 0 bridgehead atoms. The molecule has 48 heavy (non-hydrogen) atoms. The smallest absolute Gasteiger partial charge is 0.410 e. The molecule has 3 heterocycles. The number of aryl methyl sites for hydroxylation is 1. The Kier molecular flexibility index (Phi) is 13.6. The van der Waals surface area contributed by atoms with Crippen LogP contribution in [0.25, 0.3) is 0 Å². The summed E-state index contributed by atoms with van der Waals surface area (Å²) in [6.45, 7) is 15.8. The van der Waals surface area contributed by atoms with Gasteiger partial charge < -0.3 is 20.1 Å². The van der Waals surface area contributed by atoms with Crippen molar-refractivity contribution in [2.45, 2.75) is 118 Å². The number of nitriles is 1. The number of amides is 1. The third-order valence-corrected chi connectivity index (χ3v) is 9.61. The second kappa shape index (κ2) is 16.9. The van der Waals surface area contributed by atoms with Crippen molar-refractivity contribution in [2.24, 2.45) is 16.6 Å². The Bertz CT molecular complexity index is 1540. The van der Waals surface area contributed by atoms with Gasteiger partial charge >= 0.3 is 12.1 Å². The van der Waals surface area contributed by atoms with Gasteiger partial charge in [0.25, 0.3) is 0 Å². The Morgan fingerprint density at radius 1 is 1.27 bits per heavy atom. The number of carbonyl (C=O) groups is 2. The van der Waals surface area contributed by atoms with Crippen LogP contribution in [0.2, 0.25) is 0 Å². The van der Waals surface area contributed by atoms with E-state index in [4.69, 9.17) is 15.2 Å². The third-order valence-electron chi connectivity index (χ3n) is 8.44. The van der Waals surface area contributed by atoms with Crippen molar-refractivity contribution in [3.05, 3.63) is 45.2 Å². The van der Waals surface area contributed by atoms with Crippen molar-refractivity contribution in [2.75, 3.05) is 20.7 Å². The lowest BCUT2D eigenvalue weighted by Gasteiger charge is -2.31. The standard InChI is InChI=1S/C34H47N7O4S.C2H6/c1-9-11-24(29(36)23-12-10-13-27-28(23)25(17-35)31(46-27)38-19-40(7)8)30(42)26-14-15-37-32(39-26)44-18-22-16-20(2)21(3)41(22)33(43)45-34(4,5)6;1-2/h14-15,19-23H,9-13,16,18,36H2,1-8H3;1-2H3/b29-24-,38-19+;/t20-,21?,22-,23-;/m0./s1. The van der Waals surface area contributed by atoms with E-state index in [0.29, 0.717) is 34.7 Å². The van der Waals surface area contributed by atoms with Crippen LogP contribution in [0.3, 0.4) is 0 Å². The van der Waals surface area contributed by atoms with Crippen molar-refractivity contribution in [1.29, 1.82) is 5.26 Å². The van der Waals surface area contributed by atoms with Gasteiger partial charge in [-0.15, -0.1) is 11.3 Å². The van der Waals surface area contributed by atoms with Gasteiger partial charge in [0.2, 0.25) is 5.78 Å². The molecule has 262 valence electrons. The summed E-state index contributed by atoms with van der Waals surface area (Å²) in [5.41, 5.74) is 8.83. The van der Waals surface area contributed by atoms with Crippen LogP contribution in [0.4, 0.5) is 9.80 Å². The van der Waals surface area contributed by atoms with Gasteiger partial charge in [-0.1, -0.05) is 34.1 Å². The molecule has 4 atom stereocenters. The lowest BCUT2D eigenvalue weighted by Crippen LogP contribution is -2.45. The molecular formula is C36H53N7O4S. The number of nitrogens with two attached hydrogens (primary N) is 1. The number of likely N-dealkylation sites (tertiary alicyclic amines) is 1. The van der Waals surface area contributed by atoms with E-state index < -0.39 is 5.60 Å². The molecule has 1 amide bonds. The summed E-state index contributed by atoms with van der Waals surface area (Å²) in [5, 5.41) is 10.8. The Balaban J connectivity index is 0.00000307. The number of allylic oxidation sites excluding steroid dienone is 2. The van der Waals surface area contributed by atoms with Gasteiger partial charge in [0, 0.05) is 48.4 Å². The summed E-state index contributed by atoms with van der Waals surface area (Å²) in [6.07, 6.45) is 7.24. The van der Waals surface area contributed by atoms with Crippen LogP contribution in [0.15, 0.2) is 28.5 Å². The molecule has 0 saturated carbocycles. The first-order chi connectivity index (χ1) is 22.7. The van der Waals surface area contributed by atoms with Crippen LogP contribution in [-0.4, -0.2) is 76.4 Å².